The number of esters is 1. The van der Waals surface area contributed by atoms with E-state index < -0.39 is 8.80 Å². The maximum Gasteiger partial charge on any atom is 0.303 e. The monoisotopic (exact) mass is 174 g/mol. The van der Waals surface area contributed by atoms with Crippen molar-refractivity contribution >= 4 is 14.8 Å². The number of ether oxygens (including phenoxy) is 1. The van der Waals surface area contributed by atoms with E-state index in [-0.39, 0.29) is 11.6 Å². The number of carbonyl (C=O) groups excluding carboxylic acids is 1. The van der Waals surface area contributed by atoms with E-state index >= 15 is 0 Å². The number of hydrogen-bond acceptors (Lipinski definition) is 2. The molecule has 0 bridgehead atoms. The van der Waals surface area contributed by atoms with Crippen molar-refractivity contribution in [1.29, 1.82) is 0 Å². The highest BCUT2D eigenvalue weighted by molar-refractivity contribution is 6.56. The molecule has 0 atom stereocenters. The highest BCUT2D eigenvalue weighted by Gasteiger charge is 2.22. The zero-order chi connectivity index (χ0) is 9.07. The smallest absolute Gasteiger partial charge is 0.303 e. The van der Waals surface area contributed by atoms with Crippen molar-refractivity contribution in [1.82, 2.24) is 0 Å². The van der Waals surface area contributed by atoms with Crippen molar-refractivity contribution in [2.24, 2.45) is 0 Å². The van der Waals surface area contributed by atoms with Gasteiger partial charge in [0, 0.05) is 15.7 Å². The van der Waals surface area contributed by atoms with Gasteiger partial charge in [0.1, 0.15) is 5.60 Å². The van der Waals surface area contributed by atoms with E-state index in [2.05, 4.69) is 13.1 Å². The van der Waals surface area contributed by atoms with Crippen LogP contribution < -0.4 is 0 Å². The van der Waals surface area contributed by atoms with E-state index in [1.807, 2.05) is 13.8 Å². The second-order valence-corrected chi connectivity index (χ2v) is 7.15. The van der Waals surface area contributed by atoms with Gasteiger partial charge in [0.2, 0.25) is 0 Å². The van der Waals surface area contributed by atoms with E-state index in [1.165, 1.54) is 6.92 Å². The lowest BCUT2D eigenvalue weighted by Crippen LogP contribution is -2.30. The minimum atomic E-state index is -0.632. The molecular weight excluding hydrogens is 156 g/mol. The molecule has 2 nitrogen and oxygen atoms in total. The van der Waals surface area contributed by atoms with Crippen LogP contribution in [0, 0.1) is 0 Å². The second-order valence-electron chi connectivity index (χ2n) is 3.95. The molecule has 0 aromatic heterocycles. The molecule has 3 heteroatoms. The summed E-state index contributed by atoms with van der Waals surface area (Å²) in [6.07, 6.45) is 0. The molecule has 0 aliphatic heterocycles. The fourth-order valence-electron chi connectivity index (χ4n) is 1.41. The molecule has 0 unspecified atom stereocenters. The Morgan fingerprint density at radius 3 is 2.18 bits per heavy atom. The van der Waals surface area contributed by atoms with Gasteiger partial charge >= 0.3 is 5.97 Å². The summed E-state index contributed by atoms with van der Waals surface area (Å²) >= 11 is 0. The van der Waals surface area contributed by atoms with E-state index in [9.17, 15) is 4.79 Å². The first-order chi connectivity index (χ1) is 4.83. The molecule has 66 valence electrons. The molecular formula is C8H18O2Si. The summed E-state index contributed by atoms with van der Waals surface area (Å²) < 4.78 is 5.14. The van der Waals surface area contributed by atoms with Crippen LogP contribution in [0.5, 0.6) is 0 Å². The summed E-state index contributed by atoms with van der Waals surface area (Å²) in [5, 5.41) is 0. The molecule has 0 aromatic rings. The predicted molar refractivity (Wildman–Crippen MR) is 49.5 cm³/mol. The third-order valence-corrected chi connectivity index (χ3v) is 3.12. The highest BCUT2D eigenvalue weighted by atomic mass is 28.3. The summed E-state index contributed by atoms with van der Waals surface area (Å²) in [5.74, 6) is -0.176. The maximum absolute atomic E-state index is 10.6. The van der Waals surface area contributed by atoms with Crippen molar-refractivity contribution in [3.8, 4) is 0 Å². The normalized spacial score (nSPS) is 11.8. The van der Waals surface area contributed by atoms with Crippen molar-refractivity contribution in [2.75, 3.05) is 0 Å². The quantitative estimate of drug-likeness (QED) is 0.482. The minimum Gasteiger partial charge on any atom is -0.460 e. The zero-order valence-electron chi connectivity index (χ0n) is 8.10. The van der Waals surface area contributed by atoms with Crippen LogP contribution >= 0.6 is 0 Å². The minimum absolute atomic E-state index is 0.176. The van der Waals surface area contributed by atoms with Crippen LogP contribution in [-0.2, 0) is 9.53 Å². The van der Waals surface area contributed by atoms with Gasteiger partial charge in [-0.15, -0.1) is 0 Å². The molecule has 0 saturated heterocycles. The molecule has 0 heterocycles. The molecule has 0 amide bonds. The maximum atomic E-state index is 10.6. The van der Waals surface area contributed by atoms with Crippen LogP contribution in [0.2, 0.25) is 19.1 Å². The first-order valence-electron chi connectivity index (χ1n) is 4.03. The Balaban J connectivity index is 3.89. The molecule has 0 aromatic carbocycles. The standard InChI is InChI=1S/C8H18O2Si/c1-7(9)10-8(2,3)6-11(4)5/h11H,6H2,1-5H3. The summed E-state index contributed by atoms with van der Waals surface area (Å²) in [6, 6.07) is 1.05. The van der Waals surface area contributed by atoms with Gasteiger partial charge in [-0.05, 0) is 19.9 Å². The van der Waals surface area contributed by atoms with Gasteiger partial charge < -0.3 is 4.74 Å². The first kappa shape index (κ1) is 10.7. The second kappa shape index (κ2) is 3.90. The van der Waals surface area contributed by atoms with E-state index in [1.54, 1.807) is 0 Å². The Bertz CT molecular complexity index is 141. The third-order valence-electron chi connectivity index (χ3n) is 1.32. The summed E-state index contributed by atoms with van der Waals surface area (Å²) in [5.41, 5.74) is -0.244. The van der Waals surface area contributed by atoms with Crippen LogP contribution in [0.3, 0.4) is 0 Å². The molecule has 0 radical (unpaired) electrons. The van der Waals surface area contributed by atoms with Crippen LogP contribution in [0.25, 0.3) is 0 Å². The van der Waals surface area contributed by atoms with Gasteiger partial charge in [-0.1, -0.05) is 13.1 Å². The summed E-state index contributed by atoms with van der Waals surface area (Å²) in [6.45, 7) is 9.92. The van der Waals surface area contributed by atoms with Gasteiger partial charge in [0.15, 0.2) is 0 Å². The number of carbonyl (C=O) groups is 1. The van der Waals surface area contributed by atoms with Crippen LogP contribution in [-0.4, -0.2) is 20.4 Å². The molecule has 0 saturated carbocycles. The van der Waals surface area contributed by atoms with Gasteiger partial charge in [-0.25, -0.2) is 0 Å². The lowest BCUT2D eigenvalue weighted by atomic mass is 10.2. The lowest BCUT2D eigenvalue weighted by molar-refractivity contribution is -0.151. The zero-order valence-corrected chi connectivity index (χ0v) is 9.26. The van der Waals surface area contributed by atoms with E-state index in [0.29, 0.717) is 0 Å². The number of rotatable bonds is 3. The fraction of sp³-hybridized carbons (Fsp3) is 0.875. The van der Waals surface area contributed by atoms with Gasteiger partial charge in [-0.2, -0.15) is 0 Å². The molecule has 11 heavy (non-hydrogen) atoms. The SMILES string of the molecule is CC(=O)OC(C)(C)C[SiH](C)C. The Morgan fingerprint density at radius 2 is 1.91 bits per heavy atom. The fourth-order valence-corrected chi connectivity index (χ4v) is 3.46. The Labute approximate surface area is 70.5 Å². The highest BCUT2D eigenvalue weighted by Crippen LogP contribution is 2.17. The summed E-state index contributed by atoms with van der Waals surface area (Å²) in [4.78, 5) is 10.6. The molecule has 0 spiro atoms. The average Bonchev–Trinajstić information content (AvgIpc) is 1.53. The molecule has 0 aliphatic rings. The summed E-state index contributed by atoms with van der Waals surface area (Å²) in [7, 11) is -0.632. The van der Waals surface area contributed by atoms with Crippen LogP contribution in [0.15, 0.2) is 0 Å². The third kappa shape index (κ3) is 6.10. The topological polar surface area (TPSA) is 26.3 Å². The van der Waals surface area contributed by atoms with Crippen molar-refractivity contribution < 1.29 is 9.53 Å². The first-order valence-corrected chi connectivity index (χ1v) is 7.15. The van der Waals surface area contributed by atoms with Gasteiger partial charge in [-0.3, -0.25) is 4.79 Å². The van der Waals surface area contributed by atoms with Crippen molar-refractivity contribution in [3.05, 3.63) is 0 Å². The van der Waals surface area contributed by atoms with Crippen LogP contribution in [0.1, 0.15) is 20.8 Å². The molecule has 0 rings (SSSR count). The van der Waals surface area contributed by atoms with Crippen LogP contribution in [0.4, 0.5) is 0 Å². The predicted octanol–water partition coefficient (Wildman–Crippen LogP) is 1.81. The van der Waals surface area contributed by atoms with Crippen molar-refractivity contribution in [2.45, 2.75) is 45.5 Å². The van der Waals surface area contributed by atoms with E-state index in [4.69, 9.17) is 4.74 Å². The Kier molecular flexibility index (Phi) is 3.79. The van der Waals surface area contributed by atoms with Crippen molar-refractivity contribution in [3.63, 3.8) is 0 Å². The largest absolute Gasteiger partial charge is 0.460 e. The lowest BCUT2D eigenvalue weighted by Gasteiger charge is -2.25. The van der Waals surface area contributed by atoms with Gasteiger partial charge in [0.05, 0.1) is 0 Å². The number of hydrogen-bond donors (Lipinski definition) is 0. The average molecular weight is 174 g/mol. The molecule has 0 aliphatic carbocycles. The Morgan fingerprint density at radius 1 is 1.45 bits per heavy atom. The van der Waals surface area contributed by atoms with E-state index in [0.717, 1.165) is 6.04 Å². The molecule has 0 fully saturated rings. The Hall–Kier alpha value is -0.313. The molecule has 0 N–H and O–H groups in total. The van der Waals surface area contributed by atoms with Gasteiger partial charge in [0.25, 0.3) is 0 Å².